The predicted octanol–water partition coefficient (Wildman–Crippen LogP) is 3.75. The average molecular weight is 430 g/mol. The van der Waals surface area contributed by atoms with E-state index in [9.17, 15) is 9.59 Å². The van der Waals surface area contributed by atoms with E-state index in [0.29, 0.717) is 10.2 Å². The molecule has 1 amide bonds. The minimum atomic E-state index is -0.678. The van der Waals surface area contributed by atoms with Crippen molar-refractivity contribution in [3.05, 3.63) is 57.6 Å². The maximum absolute atomic E-state index is 12.7. The zero-order valence-corrected chi connectivity index (χ0v) is 16.7. The van der Waals surface area contributed by atoms with Crippen molar-refractivity contribution in [1.82, 2.24) is 0 Å². The summed E-state index contributed by atoms with van der Waals surface area (Å²) in [5.74, 6) is -1.08. The second-order valence-corrected chi connectivity index (χ2v) is 7.02. The highest BCUT2D eigenvalue weighted by molar-refractivity contribution is 9.10. The number of nitrogens with zero attached hydrogens (tertiary/aromatic N) is 2. The summed E-state index contributed by atoms with van der Waals surface area (Å²) in [6.45, 7) is 3.64. The van der Waals surface area contributed by atoms with Crippen molar-refractivity contribution in [2.45, 2.75) is 20.3 Å². The van der Waals surface area contributed by atoms with Crippen LogP contribution in [0.3, 0.4) is 0 Å². The third kappa shape index (κ3) is 5.56. The molecule has 6 nitrogen and oxygen atoms in total. The number of benzene rings is 2. The van der Waals surface area contributed by atoms with Crippen molar-refractivity contribution in [2.75, 3.05) is 23.8 Å². The van der Waals surface area contributed by atoms with Crippen LogP contribution in [0.25, 0.3) is 0 Å². The van der Waals surface area contributed by atoms with Gasteiger partial charge in [-0.15, -0.1) is 0 Å². The highest BCUT2D eigenvalue weighted by atomic mass is 79.9. The van der Waals surface area contributed by atoms with E-state index in [2.05, 4.69) is 15.9 Å². The Morgan fingerprint density at radius 1 is 1.19 bits per heavy atom. The maximum Gasteiger partial charge on any atom is 0.340 e. The van der Waals surface area contributed by atoms with E-state index in [-0.39, 0.29) is 24.2 Å². The monoisotopic (exact) mass is 429 g/mol. The second kappa shape index (κ2) is 9.19. The molecule has 0 unspecified atom stereocenters. The fourth-order valence-electron chi connectivity index (χ4n) is 2.65. The molecule has 0 fully saturated rings. The first kappa shape index (κ1) is 20.5. The van der Waals surface area contributed by atoms with Crippen LogP contribution in [0.1, 0.15) is 27.9 Å². The zero-order chi connectivity index (χ0) is 20.0. The van der Waals surface area contributed by atoms with E-state index in [4.69, 9.17) is 15.7 Å². The number of aryl methyl sites for hydroxylation is 2. The van der Waals surface area contributed by atoms with Crippen LogP contribution < -0.4 is 10.6 Å². The number of carbonyl (C=O) groups is 2. The number of nitrogen functional groups attached to an aromatic ring is 1. The Morgan fingerprint density at radius 3 is 2.48 bits per heavy atom. The zero-order valence-electron chi connectivity index (χ0n) is 15.2. The van der Waals surface area contributed by atoms with Crippen LogP contribution in [0.2, 0.25) is 0 Å². The van der Waals surface area contributed by atoms with Gasteiger partial charge in [0.2, 0.25) is 0 Å². The highest BCUT2D eigenvalue weighted by Gasteiger charge is 2.19. The Hall–Kier alpha value is -2.85. The Balaban J connectivity index is 2.15. The molecule has 2 aromatic carbocycles. The number of ether oxygens (including phenoxy) is 1. The number of hydrogen-bond donors (Lipinski definition) is 1. The number of rotatable bonds is 6. The van der Waals surface area contributed by atoms with Crippen LogP contribution in [0.15, 0.2) is 40.9 Å². The van der Waals surface area contributed by atoms with Crippen molar-refractivity contribution >= 4 is 39.2 Å². The number of carbonyl (C=O) groups excluding carboxylic acids is 2. The SMILES string of the molecule is Cc1cc(C)cc(N(CCC#N)C(=O)COC(=O)c2cc(Br)ccc2N)c1. The van der Waals surface area contributed by atoms with Gasteiger partial charge in [0, 0.05) is 22.4 Å². The van der Waals surface area contributed by atoms with Gasteiger partial charge in [-0.1, -0.05) is 22.0 Å². The summed E-state index contributed by atoms with van der Waals surface area (Å²) in [5.41, 5.74) is 8.92. The summed E-state index contributed by atoms with van der Waals surface area (Å²) < 4.78 is 5.84. The molecule has 0 saturated heterocycles. The Labute approximate surface area is 166 Å². The Morgan fingerprint density at radius 2 is 1.85 bits per heavy atom. The summed E-state index contributed by atoms with van der Waals surface area (Å²) in [4.78, 5) is 26.4. The van der Waals surface area contributed by atoms with Gasteiger partial charge in [-0.3, -0.25) is 4.79 Å². The van der Waals surface area contributed by atoms with Crippen LogP contribution in [-0.2, 0) is 9.53 Å². The van der Waals surface area contributed by atoms with E-state index in [1.807, 2.05) is 38.1 Å². The van der Waals surface area contributed by atoms with Gasteiger partial charge in [-0.25, -0.2) is 4.79 Å². The van der Waals surface area contributed by atoms with E-state index < -0.39 is 18.5 Å². The summed E-state index contributed by atoms with van der Waals surface area (Å²) in [6, 6.07) is 12.6. The van der Waals surface area contributed by atoms with Crippen LogP contribution in [0, 0.1) is 25.2 Å². The Bertz CT molecular complexity index is 886. The third-order valence-electron chi connectivity index (χ3n) is 3.83. The summed E-state index contributed by atoms with van der Waals surface area (Å²) in [7, 11) is 0. The van der Waals surface area contributed by atoms with Crippen molar-refractivity contribution in [3.8, 4) is 6.07 Å². The quantitative estimate of drug-likeness (QED) is 0.556. The van der Waals surface area contributed by atoms with Crippen molar-refractivity contribution in [2.24, 2.45) is 0 Å². The molecule has 7 heteroatoms. The maximum atomic E-state index is 12.7. The van der Waals surface area contributed by atoms with Gasteiger partial charge < -0.3 is 15.4 Å². The van der Waals surface area contributed by atoms with Crippen molar-refractivity contribution < 1.29 is 14.3 Å². The van der Waals surface area contributed by atoms with Gasteiger partial charge in [0.25, 0.3) is 5.91 Å². The van der Waals surface area contributed by atoms with Crippen LogP contribution >= 0.6 is 15.9 Å². The van der Waals surface area contributed by atoms with Gasteiger partial charge >= 0.3 is 5.97 Å². The molecule has 2 aromatic rings. The van der Waals surface area contributed by atoms with E-state index in [0.717, 1.165) is 11.1 Å². The van der Waals surface area contributed by atoms with Crippen molar-refractivity contribution in [1.29, 1.82) is 5.26 Å². The molecule has 0 radical (unpaired) electrons. The number of amides is 1. The topological polar surface area (TPSA) is 96.4 Å². The molecule has 0 aliphatic rings. The third-order valence-corrected chi connectivity index (χ3v) is 4.32. The molecule has 0 spiro atoms. The normalized spacial score (nSPS) is 10.1. The lowest BCUT2D eigenvalue weighted by molar-refractivity contribution is -0.121. The summed E-state index contributed by atoms with van der Waals surface area (Å²) in [5, 5.41) is 8.88. The van der Waals surface area contributed by atoms with E-state index in [1.165, 1.54) is 4.90 Å². The molecule has 2 N–H and O–H groups in total. The first-order chi connectivity index (χ1) is 12.8. The Kier molecular flexibility index (Phi) is 6.97. The van der Waals surface area contributed by atoms with Gasteiger partial charge in [0.05, 0.1) is 18.1 Å². The van der Waals surface area contributed by atoms with Crippen LogP contribution in [0.5, 0.6) is 0 Å². The number of esters is 1. The number of nitrogens with two attached hydrogens (primary N) is 1. The fourth-order valence-corrected chi connectivity index (χ4v) is 3.02. The van der Waals surface area contributed by atoms with Gasteiger partial charge in [-0.2, -0.15) is 5.26 Å². The smallest absolute Gasteiger partial charge is 0.340 e. The minimum absolute atomic E-state index is 0.172. The van der Waals surface area contributed by atoms with Gasteiger partial charge in [0.15, 0.2) is 6.61 Å². The highest BCUT2D eigenvalue weighted by Crippen LogP contribution is 2.21. The molecule has 0 aliphatic heterocycles. The lowest BCUT2D eigenvalue weighted by atomic mass is 10.1. The second-order valence-electron chi connectivity index (χ2n) is 6.11. The predicted molar refractivity (Wildman–Crippen MR) is 107 cm³/mol. The first-order valence-corrected chi connectivity index (χ1v) is 9.09. The number of nitriles is 1. The largest absolute Gasteiger partial charge is 0.452 e. The molecule has 0 bridgehead atoms. The lowest BCUT2D eigenvalue weighted by Gasteiger charge is -2.22. The molecular weight excluding hydrogens is 410 g/mol. The molecule has 0 aliphatic carbocycles. The van der Waals surface area contributed by atoms with Crippen molar-refractivity contribution in [3.63, 3.8) is 0 Å². The summed E-state index contributed by atoms with van der Waals surface area (Å²) in [6.07, 6.45) is 0.172. The number of halogens is 1. The lowest BCUT2D eigenvalue weighted by Crippen LogP contribution is -2.35. The molecule has 2 rings (SSSR count). The molecular formula is C20H20BrN3O3. The number of anilines is 2. The minimum Gasteiger partial charge on any atom is -0.452 e. The van der Waals surface area contributed by atoms with Gasteiger partial charge in [-0.05, 0) is 55.3 Å². The molecule has 0 saturated carbocycles. The standard InChI is InChI=1S/C20H20BrN3O3/c1-13-8-14(2)10-16(9-13)24(7-3-6-22)19(25)12-27-20(26)17-11-15(21)4-5-18(17)23/h4-5,8-11H,3,7,12,23H2,1-2H3. The van der Waals surface area contributed by atoms with Crippen LogP contribution in [-0.4, -0.2) is 25.0 Å². The van der Waals surface area contributed by atoms with E-state index in [1.54, 1.807) is 18.2 Å². The average Bonchev–Trinajstić information content (AvgIpc) is 2.61. The fraction of sp³-hybridized carbons (Fsp3) is 0.250. The summed E-state index contributed by atoms with van der Waals surface area (Å²) >= 11 is 3.27. The molecule has 0 aromatic heterocycles. The first-order valence-electron chi connectivity index (χ1n) is 8.29. The van der Waals surface area contributed by atoms with Crippen LogP contribution in [0.4, 0.5) is 11.4 Å². The number of hydrogen-bond acceptors (Lipinski definition) is 5. The molecule has 140 valence electrons. The molecule has 0 atom stereocenters. The molecule has 0 heterocycles. The molecule has 27 heavy (non-hydrogen) atoms. The van der Waals surface area contributed by atoms with Gasteiger partial charge in [0.1, 0.15) is 0 Å². The van der Waals surface area contributed by atoms with E-state index >= 15 is 0 Å².